The summed E-state index contributed by atoms with van der Waals surface area (Å²) in [5.74, 6) is -1.93. The molecule has 1 unspecified atom stereocenters. The Labute approximate surface area is 120 Å². The van der Waals surface area contributed by atoms with Gasteiger partial charge in [0.1, 0.15) is 6.61 Å². The third-order valence-electron chi connectivity index (χ3n) is 2.73. The summed E-state index contributed by atoms with van der Waals surface area (Å²) in [6.45, 7) is 1.04. The lowest BCUT2D eigenvalue weighted by Gasteiger charge is -2.19. The van der Waals surface area contributed by atoms with Crippen LogP contribution in [0.3, 0.4) is 0 Å². The molecular formula is C14H18F5NO. The topological polar surface area (TPSA) is 21.3 Å². The predicted molar refractivity (Wildman–Crippen MR) is 69.0 cm³/mol. The first-order valence-electron chi connectivity index (χ1n) is 6.63. The monoisotopic (exact) mass is 311 g/mol. The third-order valence-corrected chi connectivity index (χ3v) is 2.73. The minimum absolute atomic E-state index is 0.154. The number of benzene rings is 1. The Morgan fingerprint density at radius 2 is 1.90 bits per heavy atom. The van der Waals surface area contributed by atoms with E-state index in [0.29, 0.717) is 12.1 Å². The fraction of sp³-hybridized carbons (Fsp3) is 0.571. The summed E-state index contributed by atoms with van der Waals surface area (Å²) in [5.41, 5.74) is 0.498. The fourth-order valence-corrected chi connectivity index (χ4v) is 1.81. The lowest BCUT2D eigenvalue weighted by molar-refractivity contribution is -0.175. The molecule has 0 saturated carbocycles. The van der Waals surface area contributed by atoms with Crippen LogP contribution in [0.5, 0.6) is 0 Å². The van der Waals surface area contributed by atoms with Gasteiger partial charge >= 0.3 is 6.18 Å². The maximum absolute atomic E-state index is 13.1. The van der Waals surface area contributed by atoms with E-state index in [-0.39, 0.29) is 13.0 Å². The number of alkyl halides is 3. The molecular weight excluding hydrogens is 293 g/mol. The normalized spacial score (nSPS) is 13.4. The van der Waals surface area contributed by atoms with Gasteiger partial charge in [-0.05, 0) is 37.1 Å². The first kappa shape index (κ1) is 17.8. The van der Waals surface area contributed by atoms with Crippen molar-refractivity contribution in [3.05, 3.63) is 35.4 Å². The fourth-order valence-electron chi connectivity index (χ4n) is 1.81. The number of rotatable bonds is 8. The third kappa shape index (κ3) is 7.38. The molecule has 1 aromatic rings. The molecule has 1 aromatic carbocycles. The van der Waals surface area contributed by atoms with Crippen LogP contribution in [0.4, 0.5) is 22.0 Å². The Morgan fingerprint density at radius 3 is 2.48 bits per heavy atom. The second-order valence-electron chi connectivity index (χ2n) is 4.73. The van der Waals surface area contributed by atoms with Crippen LogP contribution in [0.1, 0.15) is 18.9 Å². The summed E-state index contributed by atoms with van der Waals surface area (Å²) >= 11 is 0. The van der Waals surface area contributed by atoms with Crippen molar-refractivity contribution in [2.75, 3.05) is 19.8 Å². The predicted octanol–water partition coefficient (Wildman–Crippen LogP) is 3.45. The summed E-state index contributed by atoms with van der Waals surface area (Å²) < 4.78 is 66.7. The summed E-state index contributed by atoms with van der Waals surface area (Å²) in [6, 6.07) is 3.05. The first-order chi connectivity index (χ1) is 9.81. The van der Waals surface area contributed by atoms with E-state index in [4.69, 9.17) is 0 Å². The molecule has 0 saturated heterocycles. The summed E-state index contributed by atoms with van der Waals surface area (Å²) in [4.78, 5) is 0. The van der Waals surface area contributed by atoms with Gasteiger partial charge in [-0.15, -0.1) is 0 Å². The number of hydrogen-bond donors (Lipinski definition) is 1. The van der Waals surface area contributed by atoms with Gasteiger partial charge in [0.2, 0.25) is 0 Å². The zero-order valence-corrected chi connectivity index (χ0v) is 11.6. The highest BCUT2D eigenvalue weighted by molar-refractivity contribution is 5.18. The molecule has 0 aromatic heterocycles. The van der Waals surface area contributed by atoms with Gasteiger partial charge in [-0.3, -0.25) is 0 Å². The van der Waals surface area contributed by atoms with Gasteiger partial charge in [0.15, 0.2) is 11.6 Å². The van der Waals surface area contributed by atoms with Crippen LogP contribution >= 0.6 is 0 Å². The molecule has 0 aliphatic carbocycles. The SMILES string of the molecule is CCCNC(COCC(F)(F)F)Cc1ccc(F)c(F)c1. The van der Waals surface area contributed by atoms with Gasteiger partial charge in [0.25, 0.3) is 0 Å². The van der Waals surface area contributed by atoms with Gasteiger partial charge in [0, 0.05) is 6.04 Å². The molecule has 0 fully saturated rings. The van der Waals surface area contributed by atoms with Crippen LogP contribution in [0.25, 0.3) is 0 Å². The van der Waals surface area contributed by atoms with E-state index in [1.165, 1.54) is 6.07 Å². The zero-order chi connectivity index (χ0) is 15.9. The van der Waals surface area contributed by atoms with Crippen molar-refractivity contribution < 1.29 is 26.7 Å². The van der Waals surface area contributed by atoms with E-state index < -0.39 is 30.5 Å². The quantitative estimate of drug-likeness (QED) is 0.743. The molecule has 0 radical (unpaired) electrons. The molecule has 0 heterocycles. The van der Waals surface area contributed by atoms with Crippen LogP contribution in [0.2, 0.25) is 0 Å². The molecule has 0 aliphatic heterocycles. The van der Waals surface area contributed by atoms with Gasteiger partial charge in [-0.25, -0.2) is 8.78 Å². The van der Waals surface area contributed by atoms with E-state index in [1.807, 2.05) is 6.92 Å². The van der Waals surface area contributed by atoms with Gasteiger partial charge in [-0.1, -0.05) is 13.0 Å². The number of hydrogen-bond acceptors (Lipinski definition) is 2. The Bertz CT molecular complexity index is 436. The highest BCUT2D eigenvalue weighted by atomic mass is 19.4. The molecule has 0 aliphatic rings. The minimum atomic E-state index is -4.38. The Balaban J connectivity index is 2.57. The van der Waals surface area contributed by atoms with E-state index in [9.17, 15) is 22.0 Å². The van der Waals surface area contributed by atoms with Crippen molar-refractivity contribution in [1.82, 2.24) is 5.32 Å². The lowest BCUT2D eigenvalue weighted by atomic mass is 10.1. The first-order valence-corrected chi connectivity index (χ1v) is 6.63. The molecule has 0 amide bonds. The van der Waals surface area contributed by atoms with Crippen molar-refractivity contribution in [3.63, 3.8) is 0 Å². The van der Waals surface area contributed by atoms with Gasteiger partial charge in [-0.2, -0.15) is 13.2 Å². The molecule has 7 heteroatoms. The van der Waals surface area contributed by atoms with Gasteiger partial charge in [0.05, 0.1) is 6.61 Å². The summed E-state index contributed by atoms with van der Waals surface area (Å²) in [7, 11) is 0. The van der Waals surface area contributed by atoms with Crippen LogP contribution < -0.4 is 5.32 Å². The average Bonchev–Trinajstić information content (AvgIpc) is 2.38. The minimum Gasteiger partial charge on any atom is -0.370 e. The molecule has 1 rings (SSSR count). The van der Waals surface area contributed by atoms with Crippen molar-refractivity contribution >= 4 is 0 Å². The van der Waals surface area contributed by atoms with Crippen LogP contribution in [0, 0.1) is 11.6 Å². The van der Waals surface area contributed by atoms with Crippen LogP contribution in [-0.4, -0.2) is 32.0 Å². The van der Waals surface area contributed by atoms with Crippen LogP contribution in [-0.2, 0) is 11.2 Å². The number of ether oxygens (including phenoxy) is 1. The van der Waals surface area contributed by atoms with Crippen molar-refractivity contribution in [2.45, 2.75) is 32.0 Å². The van der Waals surface area contributed by atoms with Crippen molar-refractivity contribution in [3.8, 4) is 0 Å². The summed E-state index contributed by atoms with van der Waals surface area (Å²) in [5, 5.41) is 3.03. The molecule has 1 atom stereocenters. The lowest BCUT2D eigenvalue weighted by Crippen LogP contribution is -2.37. The van der Waals surface area contributed by atoms with Gasteiger partial charge < -0.3 is 10.1 Å². The summed E-state index contributed by atoms with van der Waals surface area (Å²) in [6.07, 6.45) is -3.32. The molecule has 1 N–H and O–H groups in total. The maximum atomic E-state index is 13.1. The Morgan fingerprint density at radius 1 is 1.19 bits per heavy atom. The van der Waals surface area contributed by atoms with Crippen molar-refractivity contribution in [2.24, 2.45) is 0 Å². The number of nitrogens with one attached hydrogen (secondary N) is 1. The second kappa shape index (κ2) is 8.29. The van der Waals surface area contributed by atoms with E-state index in [2.05, 4.69) is 10.1 Å². The van der Waals surface area contributed by atoms with E-state index >= 15 is 0 Å². The number of halogens is 5. The molecule has 0 bridgehead atoms. The van der Waals surface area contributed by atoms with E-state index in [1.54, 1.807) is 0 Å². The Hall–Kier alpha value is -1.21. The van der Waals surface area contributed by atoms with Crippen LogP contribution in [0.15, 0.2) is 18.2 Å². The van der Waals surface area contributed by atoms with E-state index in [0.717, 1.165) is 18.6 Å². The highest BCUT2D eigenvalue weighted by Gasteiger charge is 2.27. The smallest absolute Gasteiger partial charge is 0.370 e. The Kier molecular flexibility index (Phi) is 7.04. The van der Waals surface area contributed by atoms with Crippen molar-refractivity contribution in [1.29, 1.82) is 0 Å². The average molecular weight is 311 g/mol. The standard InChI is InChI=1S/C14H18F5NO/c1-2-5-20-11(8-21-9-14(17,18)19)6-10-3-4-12(15)13(16)7-10/h3-4,7,11,20H,2,5-6,8-9H2,1H3. The molecule has 120 valence electrons. The molecule has 0 spiro atoms. The zero-order valence-electron chi connectivity index (χ0n) is 11.6. The largest absolute Gasteiger partial charge is 0.411 e. The molecule has 2 nitrogen and oxygen atoms in total. The highest BCUT2D eigenvalue weighted by Crippen LogP contribution is 2.15. The molecule has 21 heavy (non-hydrogen) atoms. The maximum Gasteiger partial charge on any atom is 0.411 e. The second-order valence-corrected chi connectivity index (χ2v) is 4.73.